The number of pyridine rings is 1. The van der Waals surface area contributed by atoms with E-state index in [1.807, 2.05) is 31.0 Å². The van der Waals surface area contributed by atoms with Gasteiger partial charge in [-0.05, 0) is 62.4 Å². The van der Waals surface area contributed by atoms with Crippen molar-refractivity contribution in [1.29, 1.82) is 5.41 Å². The number of benzene rings is 2. The molecule has 0 spiro atoms. The van der Waals surface area contributed by atoms with Crippen LogP contribution in [0.3, 0.4) is 0 Å². The quantitative estimate of drug-likeness (QED) is 0.159. The Hall–Kier alpha value is -4.64. The van der Waals surface area contributed by atoms with E-state index in [4.69, 9.17) is 25.6 Å². The molecule has 0 radical (unpaired) electrons. The number of anilines is 2. The van der Waals surface area contributed by atoms with Crippen molar-refractivity contribution < 1.29 is 19.1 Å². The third-order valence-corrected chi connectivity index (χ3v) is 5.85. The average Bonchev–Trinajstić information content (AvgIpc) is 3.33. The van der Waals surface area contributed by atoms with E-state index >= 15 is 0 Å². The van der Waals surface area contributed by atoms with Gasteiger partial charge < -0.3 is 25.1 Å². The van der Waals surface area contributed by atoms with E-state index in [-0.39, 0.29) is 37.2 Å². The molecule has 2 aromatic carbocycles. The van der Waals surface area contributed by atoms with Crippen molar-refractivity contribution in [3.8, 4) is 5.75 Å². The molecule has 4 aromatic rings. The highest BCUT2D eigenvalue weighted by molar-refractivity contribution is 5.95. The summed E-state index contributed by atoms with van der Waals surface area (Å²) >= 11 is 0. The topological polar surface area (TPSA) is 151 Å². The minimum atomic E-state index is -0.760. The monoisotopic (exact) mass is 551 g/mol. The molecular weight excluding hydrogens is 522 g/mol. The normalized spacial score (nSPS) is 10.4. The molecule has 4 rings (SSSR count). The van der Waals surface area contributed by atoms with Gasteiger partial charge in [-0.1, -0.05) is 6.07 Å². The first kappa shape index (κ1) is 28.9. The largest absolute Gasteiger partial charge is 0.465 e. The third-order valence-electron chi connectivity index (χ3n) is 5.85. The summed E-state index contributed by atoms with van der Waals surface area (Å²) < 4.78 is 10.7. The van der Waals surface area contributed by atoms with E-state index in [9.17, 15) is 9.59 Å². The number of carbonyl (C=O) groups excluding carboxylic acids is 2. The van der Waals surface area contributed by atoms with Crippen LogP contribution < -0.4 is 20.3 Å². The van der Waals surface area contributed by atoms with Gasteiger partial charge in [0.15, 0.2) is 0 Å². The molecule has 0 saturated carbocycles. The summed E-state index contributed by atoms with van der Waals surface area (Å²) in [6.07, 6.45) is 0.765. The Morgan fingerprint density at radius 2 is 1.85 bits per heavy atom. The van der Waals surface area contributed by atoms with Crippen LogP contribution in [-0.2, 0) is 16.1 Å². The lowest BCUT2D eigenvalue weighted by atomic mass is 10.2. The van der Waals surface area contributed by atoms with Gasteiger partial charge in [-0.3, -0.25) is 10.2 Å². The lowest BCUT2D eigenvalue weighted by Gasteiger charge is -2.20. The summed E-state index contributed by atoms with van der Waals surface area (Å²) in [4.78, 5) is 40.6. The van der Waals surface area contributed by atoms with Crippen LogP contribution in [0.2, 0.25) is 0 Å². The Bertz CT molecular complexity index is 1460. The number of esters is 1. The first-order valence-electron chi connectivity index (χ1n) is 12.0. The number of nitrogens with two attached hydrogens (primary N) is 1. The zero-order valence-electron chi connectivity index (χ0n) is 21.8. The number of aryl methyl sites for hydroxylation is 1. The van der Waals surface area contributed by atoms with Gasteiger partial charge in [0.05, 0.1) is 24.2 Å². The number of nitrogens with one attached hydrogen (secondary N) is 2. The molecule has 0 aliphatic carbocycles. The SMILES string of the molecule is CCOC(=O)CN(C(=O)Oc1ccc2[nH]c(CN(C)c3ccc(C(=N)N)cc3)nc2c1C)c1ccccn1.Cl. The molecule has 0 saturated heterocycles. The maximum Gasteiger partial charge on any atom is 0.421 e. The van der Waals surface area contributed by atoms with E-state index in [0.717, 1.165) is 21.9 Å². The summed E-state index contributed by atoms with van der Waals surface area (Å²) in [6.45, 7) is 3.86. The molecule has 0 aliphatic rings. The minimum absolute atomic E-state index is 0. The zero-order chi connectivity index (χ0) is 27.2. The number of amidine groups is 1. The Morgan fingerprint density at radius 3 is 2.49 bits per heavy atom. The van der Waals surface area contributed by atoms with Crippen LogP contribution >= 0.6 is 12.4 Å². The number of carbonyl (C=O) groups is 2. The second-order valence-corrected chi connectivity index (χ2v) is 8.53. The van der Waals surface area contributed by atoms with Crippen molar-refractivity contribution >= 4 is 52.8 Å². The number of rotatable bonds is 9. The molecular formula is C27H30ClN7O4. The summed E-state index contributed by atoms with van der Waals surface area (Å²) in [5.74, 6) is 0.762. The summed E-state index contributed by atoms with van der Waals surface area (Å²) in [5.41, 5.74) is 9.28. The predicted molar refractivity (Wildman–Crippen MR) is 152 cm³/mol. The Kier molecular flexibility index (Phi) is 9.45. The van der Waals surface area contributed by atoms with Gasteiger partial charge in [-0.25, -0.2) is 19.7 Å². The molecule has 0 atom stereocenters. The molecule has 12 heteroatoms. The van der Waals surface area contributed by atoms with Gasteiger partial charge in [-0.2, -0.15) is 0 Å². The number of halogens is 1. The number of aromatic nitrogens is 3. The fourth-order valence-electron chi connectivity index (χ4n) is 3.88. The van der Waals surface area contributed by atoms with Crippen molar-refractivity contribution in [1.82, 2.24) is 15.0 Å². The van der Waals surface area contributed by atoms with Crippen LogP contribution in [0.4, 0.5) is 16.3 Å². The first-order chi connectivity index (χ1) is 18.3. The summed E-state index contributed by atoms with van der Waals surface area (Å²) in [5, 5.41) is 7.54. The Labute approximate surface area is 231 Å². The number of fused-ring (bicyclic) bond motifs is 1. The molecule has 0 fully saturated rings. The number of H-pyrrole nitrogens is 1. The highest BCUT2D eigenvalue weighted by Gasteiger charge is 2.24. The van der Waals surface area contributed by atoms with Crippen molar-refractivity contribution in [2.75, 3.05) is 30.0 Å². The fraction of sp³-hybridized carbons (Fsp3) is 0.222. The van der Waals surface area contributed by atoms with E-state index in [2.05, 4.69) is 9.97 Å². The minimum Gasteiger partial charge on any atom is -0.465 e. The number of imidazole rings is 1. The lowest BCUT2D eigenvalue weighted by Crippen LogP contribution is -2.39. The van der Waals surface area contributed by atoms with E-state index in [1.54, 1.807) is 49.4 Å². The van der Waals surface area contributed by atoms with Crippen molar-refractivity contribution in [2.45, 2.75) is 20.4 Å². The standard InChI is InChI=1S/C27H29N7O4.ClH/c1-4-37-24(35)16-34(23-7-5-6-14-30-23)27(36)38-21-13-12-20-25(17(21)2)32-22(31-20)15-33(3)19-10-8-18(9-11-19)26(28)29;/h5-14H,4,15-16H2,1-3H3,(H3,28,29)(H,31,32);1H. The van der Waals surface area contributed by atoms with E-state index < -0.39 is 12.1 Å². The van der Waals surface area contributed by atoms with E-state index in [0.29, 0.717) is 28.9 Å². The van der Waals surface area contributed by atoms with Crippen LogP contribution in [0, 0.1) is 12.3 Å². The van der Waals surface area contributed by atoms with Gasteiger partial charge in [0, 0.05) is 30.1 Å². The zero-order valence-corrected chi connectivity index (χ0v) is 22.6. The first-order valence-corrected chi connectivity index (χ1v) is 12.0. The van der Waals surface area contributed by atoms with Crippen molar-refractivity contribution in [3.05, 3.63) is 77.7 Å². The van der Waals surface area contributed by atoms with Crippen LogP contribution in [0.1, 0.15) is 23.9 Å². The Morgan fingerprint density at radius 1 is 1.10 bits per heavy atom. The molecule has 2 heterocycles. The fourth-order valence-corrected chi connectivity index (χ4v) is 3.88. The van der Waals surface area contributed by atoms with Crippen LogP contribution in [0.25, 0.3) is 11.0 Å². The molecule has 1 amide bonds. The smallest absolute Gasteiger partial charge is 0.421 e. The van der Waals surface area contributed by atoms with Gasteiger partial charge in [0.2, 0.25) is 0 Å². The van der Waals surface area contributed by atoms with Crippen LogP contribution in [-0.4, -0.2) is 53.0 Å². The average molecular weight is 552 g/mol. The molecule has 0 unspecified atom stereocenters. The number of hydrogen-bond donors (Lipinski definition) is 3. The number of amides is 1. The summed E-state index contributed by atoms with van der Waals surface area (Å²) in [6, 6.07) is 15.9. The number of nitrogens with zero attached hydrogens (tertiary/aromatic N) is 4. The number of hydrogen-bond acceptors (Lipinski definition) is 8. The molecule has 39 heavy (non-hydrogen) atoms. The predicted octanol–water partition coefficient (Wildman–Crippen LogP) is 4.18. The maximum absolute atomic E-state index is 13.1. The molecule has 2 aromatic heterocycles. The third kappa shape index (κ3) is 6.82. The second-order valence-electron chi connectivity index (χ2n) is 8.53. The molecule has 4 N–H and O–H groups in total. The summed E-state index contributed by atoms with van der Waals surface area (Å²) in [7, 11) is 1.94. The molecule has 204 valence electrons. The van der Waals surface area contributed by atoms with Crippen molar-refractivity contribution in [2.24, 2.45) is 5.73 Å². The van der Waals surface area contributed by atoms with Crippen LogP contribution in [0.15, 0.2) is 60.8 Å². The molecule has 0 bridgehead atoms. The van der Waals surface area contributed by atoms with Gasteiger partial charge in [0.1, 0.15) is 29.8 Å². The Balaban J connectivity index is 0.00000420. The highest BCUT2D eigenvalue weighted by Crippen LogP contribution is 2.27. The number of ether oxygens (including phenoxy) is 2. The molecule has 11 nitrogen and oxygen atoms in total. The van der Waals surface area contributed by atoms with Crippen LogP contribution in [0.5, 0.6) is 5.75 Å². The van der Waals surface area contributed by atoms with Crippen molar-refractivity contribution in [3.63, 3.8) is 0 Å². The van der Waals surface area contributed by atoms with E-state index in [1.165, 1.54) is 6.20 Å². The van der Waals surface area contributed by atoms with Gasteiger partial charge in [0.25, 0.3) is 0 Å². The highest BCUT2D eigenvalue weighted by atomic mass is 35.5. The van der Waals surface area contributed by atoms with Gasteiger partial charge >= 0.3 is 12.1 Å². The number of nitrogen functional groups attached to an aromatic ring is 1. The molecule has 0 aliphatic heterocycles. The second kappa shape index (κ2) is 12.7. The van der Waals surface area contributed by atoms with Gasteiger partial charge in [-0.15, -0.1) is 12.4 Å². The lowest BCUT2D eigenvalue weighted by molar-refractivity contribution is -0.141. The maximum atomic E-state index is 13.1. The number of aromatic amines is 1.